The number of ether oxygens (including phenoxy) is 4. The van der Waals surface area contributed by atoms with Crippen LogP contribution in [0.3, 0.4) is 0 Å². The summed E-state index contributed by atoms with van der Waals surface area (Å²) in [5.74, 6) is 0.0206. The molecule has 2 saturated heterocycles. The van der Waals surface area contributed by atoms with Crippen LogP contribution >= 0.6 is 0 Å². The van der Waals surface area contributed by atoms with E-state index in [4.69, 9.17) is 18.9 Å². The standard InChI is InChI=1S/C27H36O6/c1-17(2)27-15-21(31-23(29)16-30-5)26(4,33-27)20-13-11-18(3)24(20)25(27)32-22(28)14-12-19-9-7-6-8-10-19/h6-10,12,14,17-18,20-21,24-25H,11,13,15-16H2,1-5H3/b14-12+/t18-,20-,21-,24-,25+,26+,27-/m1/s1. The van der Waals surface area contributed by atoms with Crippen molar-refractivity contribution in [2.24, 2.45) is 23.7 Å². The van der Waals surface area contributed by atoms with E-state index >= 15 is 0 Å². The van der Waals surface area contributed by atoms with E-state index in [1.54, 1.807) is 6.08 Å². The fraction of sp³-hybridized carbons (Fsp3) is 0.630. The summed E-state index contributed by atoms with van der Waals surface area (Å²) in [5.41, 5.74) is -0.368. The molecule has 0 unspecified atom stereocenters. The molecule has 1 aromatic rings. The van der Waals surface area contributed by atoms with E-state index in [2.05, 4.69) is 27.7 Å². The molecule has 4 rings (SSSR count). The Morgan fingerprint density at radius 3 is 2.58 bits per heavy atom. The summed E-state index contributed by atoms with van der Waals surface area (Å²) in [6.07, 6.45) is 4.99. The fourth-order valence-electron chi connectivity index (χ4n) is 6.45. The minimum absolute atomic E-state index is 0.0765. The van der Waals surface area contributed by atoms with Crippen molar-refractivity contribution >= 4 is 18.0 Å². The first kappa shape index (κ1) is 24.0. The molecule has 6 nitrogen and oxygen atoms in total. The summed E-state index contributed by atoms with van der Waals surface area (Å²) in [5, 5.41) is 0. The molecule has 3 aliphatic rings. The molecule has 180 valence electrons. The minimum atomic E-state index is -0.706. The predicted molar refractivity (Wildman–Crippen MR) is 124 cm³/mol. The van der Waals surface area contributed by atoms with Crippen LogP contribution in [0.15, 0.2) is 36.4 Å². The number of fused-ring (bicyclic) bond motifs is 4. The van der Waals surface area contributed by atoms with Crippen LogP contribution in [0.1, 0.15) is 52.5 Å². The number of esters is 2. The molecule has 33 heavy (non-hydrogen) atoms. The van der Waals surface area contributed by atoms with Crippen molar-refractivity contribution in [2.45, 2.75) is 70.4 Å². The maximum Gasteiger partial charge on any atom is 0.332 e. The number of carbonyl (C=O) groups excluding carboxylic acids is 2. The molecule has 0 spiro atoms. The molecule has 0 radical (unpaired) electrons. The summed E-state index contributed by atoms with van der Waals surface area (Å²) in [7, 11) is 1.48. The highest BCUT2D eigenvalue weighted by atomic mass is 16.6. The Morgan fingerprint density at radius 2 is 1.91 bits per heavy atom. The molecule has 7 atom stereocenters. The van der Waals surface area contributed by atoms with Crippen molar-refractivity contribution in [1.82, 2.24) is 0 Å². The topological polar surface area (TPSA) is 71.1 Å². The van der Waals surface area contributed by atoms with Gasteiger partial charge in [-0.05, 0) is 49.2 Å². The highest BCUT2D eigenvalue weighted by Gasteiger charge is 2.72. The maximum atomic E-state index is 13.0. The first-order valence-electron chi connectivity index (χ1n) is 12.0. The van der Waals surface area contributed by atoms with Gasteiger partial charge < -0.3 is 18.9 Å². The van der Waals surface area contributed by atoms with Crippen molar-refractivity contribution in [1.29, 1.82) is 0 Å². The van der Waals surface area contributed by atoms with Gasteiger partial charge in [0.25, 0.3) is 0 Å². The summed E-state index contributed by atoms with van der Waals surface area (Å²) >= 11 is 0. The third kappa shape index (κ3) is 4.24. The molecule has 2 heterocycles. The zero-order chi connectivity index (χ0) is 23.8. The zero-order valence-electron chi connectivity index (χ0n) is 20.3. The van der Waals surface area contributed by atoms with Crippen molar-refractivity contribution in [3.8, 4) is 0 Å². The van der Waals surface area contributed by atoms with Gasteiger partial charge in [0.1, 0.15) is 30.0 Å². The summed E-state index contributed by atoms with van der Waals surface area (Å²) in [4.78, 5) is 25.3. The summed E-state index contributed by atoms with van der Waals surface area (Å²) in [6, 6.07) is 9.70. The SMILES string of the molecule is COCC(=O)O[C@@H]1C[C@]2(C(C)C)O[C@@]1(C)[C@@H]1CC[C@@H](C)[C@H]1[C@@H]2OC(=O)/C=C/c1ccccc1. The van der Waals surface area contributed by atoms with Gasteiger partial charge in [-0.1, -0.05) is 51.1 Å². The molecule has 1 aliphatic carbocycles. The molecule has 6 heteroatoms. The maximum absolute atomic E-state index is 13.0. The van der Waals surface area contributed by atoms with Gasteiger partial charge in [-0.15, -0.1) is 0 Å². The van der Waals surface area contributed by atoms with Gasteiger partial charge >= 0.3 is 11.9 Å². The van der Waals surface area contributed by atoms with Crippen LogP contribution in [0.5, 0.6) is 0 Å². The molecule has 1 saturated carbocycles. The van der Waals surface area contributed by atoms with Gasteiger partial charge in [0.2, 0.25) is 0 Å². The van der Waals surface area contributed by atoms with E-state index in [1.165, 1.54) is 13.2 Å². The van der Waals surface area contributed by atoms with E-state index in [0.29, 0.717) is 12.3 Å². The van der Waals surface area contributed by atoms with Gasteiger partial charge in [-0.25, -0.2) is 9.59 Å². The molecule has 2 aliphatic heterocycles. The highest BCUT2D eigenvalue weighted by Crippen LogP contribution is 2.63. The number of benzene rings is 1. The molecule has 1 aromatic carbocycles. The Labute approximate surface area is 196 Å². The van der Waals surface area contributed by atoms with Gasteiger partial charge in [-0.3, -0.25) is 0 Å². The number of rotatable bonds is 7. The lowest BCUT2D eigenvalue weighted by atomic mass is 9.69. The Hall–Kier alpha value is -2.18. The highest BCUT2D eigenvalue weighted by molar-refractivity contribution is 5.87. The average molecular weight is 457 g/mol. The number of methoxy groups -OCH3 is 1. The monoisotopic (exact) mass is 456 g/mol. The molecule has 0 aromatic heterocycles. The first-order chi connectivity index (χ1) is 15.7. The van der Waals surface area contributed by atoms with Crippen LogP contribution in [-0.2, 0) is 28.5 Å². The van der Waals surface area contributed by atoms with Crippen LogP contribution in [0.25, 0.3) is 6.08 Å². The smallest absolute Gasteiger partial charge is 0.332 e. The molecular weight excluding hydrogens is 420 g/mol. The largest absolute Gasteiger partial charge is 0.457 e. The predicted octanol–water partition coefficient (Wildman–Crippen LogP) is 4.42. The van der Waals surface area contributed by atoms with E-state index in [9.17, 15) is 9.59 Å². The second-order valence-corrected chi connectivity index (χ2v) is 10.4. The number of hydrogen-bond acceptors (Lipinski definition) is 6. The van der Waals surface area contributed by atoms with Gasteiger partial charge in [0.15, 0.2) is 0 Å². The van der Waals surface area contributed by atoms with Crippen molar-refractivity contribution < 1.29 is 28.5 Å². The van der Waals surface area contributed by atoms with Crippen LogP contribution in [0.4, 0.5) is 0 Å². The second kappa shape index (κ2) is 9.22. The second-order valence-electron chi connectivity index (χ2n) is 10.4. The van der Waals surface area contributed by atoms with Gasteiger partial charge in [0, 0.05) is 25.5 Å². The average Bonchev–Trinajstić information content (AvgIpc) is 3.29. The molecule has 0 N–H and O–H groups in total. The normalized spacial score (nSPS) is 37.3. The van der Waals surface area contributed by atoms with E-state index in [1.807, 2.05) is 30.3 Å². The Bertz CT molecular complexity index is 895. The Balaban J connectivity index is 1.64. The quantitative estimate of drug-likeness (QED) is 0.447. The Morgan fingerprint density at radius 1 is 1.18 bits per heavy atom. The molecular formula is C27H36O6. The fourth-order valence-corrected chi connectivity index (χ4v) is 6.45. The molecule has 3 fully saturated rings. The Kier molecular flexibility index (Phi) is 6.70. The zero-order valence-corrected chi connectivity index (χ0v) is 20.3. The number of hydrogen-bond donors (Lipinski definition) is 0. The lowest BCUT2D eigenvalue weighted by molar-refractivity contribution is -0.264. The number of carbonyl (C=O) groups is 2. The lowest BCUT2D eigenvalue weighted by Gasteiger charge is -2.52. The van der Waals surface area contributed by atoms with Crippen LogP contribution in [-0.4, -0.2) is 49.1 Å². The van der Waals surface area contributed by atoms with Gasteiger partial charge in [-0.2, -0.15) is 0 Å². The minimum Gasteiger partial charge on any atom is -0.457 e. The van der Waals surface area contributed by atoms with Crippen LogP contribution in [0, 0.1) is 23.7 Å². The third-order valence-corrected chi connectivity index (χ3v) is 8.14. The van der Waals surface area contributed by atoms with Gasteiger partial charge in [0.05, 0.1) is 0 Å². The van der Waals surface area contributed by atoms with Crippen molar-refractivity contribution in [2.75, 3.05) is 13.7 Å². The van der Waals surface area contributed by atoms with Crippen LogP contribution in [0.2, 0.25) is 0 Å². The lowest BCUT2D eigenvalue weighted by Crippen LogP contribution is -2.62. The first-order valence-corrected chi connectivity index (χ1v) is 12.0. The van der Waals surface area contributed by atoms with E-state index in [0.717, 1.165) is 18.4 Å². The van der Waals surface area contributed by atoms with Crippen molar-refractivity contribution in [3.63, 3.8) is 0 Å². The third-order valence-electron chi connectivity index (χ3n) is 8.14. The molecule has 2 bridgehead atoms. The van der Waals surface area contributed by atoms with Crippen LogP contribution < -0.4 is 0 Å². The van der Waals surface area contributed by atoms with E-state index in [-0.39, 0.29) is 36.3 Å². The van der Waals surface area contributed by atoms with Crippen molar-refractivity contribution in [3.05, 3.63) is 42.0 Å². The summed E-state index contributed by atoms with van der Waals surface area (Å²) in [6.45, 7) is 8.42. The van der Waals surface area contributed by atoms with E-state index < -0.39 is 23.4 Å². The molecule has 0 amide bonds. The summed E-state index contributed by atoms with van der Waals surface area (Å²) < 4.78 is 23.9.